The van der Waals surface area contributed by atoms with E-state index in [0.717, 1.165) is 19.3 Å². The molecule has 3 N–H and O–H groups in total. The van der Waals surface area contributed by atoms with Gasteiger partial charge in [-0.15, -0.1) is 0 Å². The van der Waals surface area contributed by atoms with E-state index in [9.17, 15) is 15.3 Å². The smallest absolute Gasteiger partial charge is 0.0976 e. The van der Waals surface area contributed by atoms with Crippen LogP contribution >= 0.6 is 0 Å². The Balaban J connectivity index is 1.47. The van der Waals surface area contributed by atoms with Gasteiger partial charge in [-0.1, -0.05) is 53.7 Å². The van der Waals surface area contributed by atoms with E-state index in [2.05, 4.69) is 60.6 Å². The fourth-order valence-corrected chi connectivity index (χ4v) is 11.2. The van der Waals surface area contributed by atoms with Gasteiger partial charge in [-0.05, 0) is 100 Å². The molecule has 1 spiro atoms. The zero-order valence-corrected chi connectivity index (χ0v) is 24.5. The summed E-state index contributed by atoms with van der Waals surface area (Å²) in [5.41, 5.74) is -1.07. The zero-order valence-electron chi connectivity index (χ0n) is 24.5. The molecule has 1 saturated heterocycles. The van der Waals surface area contributed by atoms with Gasteiger partial charge in [-0.3, -0.25) is 0 Å². The molecular weight excluding hydrogens is 448 g/mol. The van der Waals surface area contributed by atoms with Crippen molar-refractivity contribution in [2.24, 2.45) is 51.2 Å². The van der Waals surface area contributed by atoms with Crippen molar-refractivity contribution in [1.29, 1.82) is 0 Å². The molecular formula is C32H54O4. The van der Waals surface area contributed by atoms with E-state index < -0.39 is 11.7 Å². The summed E-state index contributed by atoms with van der Waals surface area (Å²) in [5.74, 6) is 2.18. The van der Waals surface area contributed by atoms with Gasteiger partial charge in [-0.25, -0.2) is 0 Å². The Kier molecular flexibility index (Phi) is 6.08. The first-order valence-corrected chi connectivity index (χ1v) is 14.9. The third kappa shape index (κ3) is 3.14. The molecule has 3 saturated carbocycles. The number of hydrogen-bond acceptors (Lipinski definition) is 4. The maximum absolute atomic E-state index is 11.0. The van der Waals surface area contributed by atoms with Gasteiger partial charge in [0.15, 0.2) is 0 Å². The van der Waals surface area contributed by atoms with Crippen LogP contribution < -0.4 is 0 Å². The molecule has 4 fully saturated rings. The van der Waals surface area contributed by atoms with Gasteiger partial charge >= 0.3 is 0 Å². The van der Waals surface area contributed by atoms with Crippen LogP contribution in [0.15, 0.2) is 12.2 Å². The van der Waals surface area contributed by atoms with Crippen LogP contribution in [0.1, 0.15) is 107 Å². The summed E-state index contributed by atoms with van der Waals surface area (Å²) in [5, 5.41) is 32.1. The normalized spacial score (nSPS) is 51.7. The summed E-state index contributed by atoms with van der Waals surface area (Å²) in [6, 6.07) is 0. The lowest BCUT2D eigenvalue weighted by molar-refractivity contribution is -0.170. The van der Waals surface area contributed by atoms with E-state index in [1.54, 1.807) is 13.8 Å². The van der Waals surface area contributed by atoms with E-state index >= 15 is 0 Å². The second-order valence-corrected chi connectivity index (χ2v) is 15.6. The van der Waals surface area contributed by atoms with Gasteiger partial charge in [0.1, 0.15) is 0 Å². The lowest BCUT2D eigenvalue weighted by Crippen LogP contribution is -2.65. The van der Waals surface area contributed by atoms with Crippen LogP contribution in [0, 0.1) is 51.2 Å². The maximum atomic E-state index is 11.0. The topological polar surface area (TPSA) is 69.9 Å². The van der Waals surface area contributed by atoms with Crippen LogP contribution in [0.25, 0.3) is 0 Å². The molecule has 206 valence electrons. The van der Waals surface area contributed by atoms with Gasteiger partial charge in [-0.2, -0.15) is 0 Å². The summed E-state index contributed by atoms with van der Waals surface area (Å²) >= 11 is 0. The number of fused-ring (bicyclic) bond motifs is 2. The second-order valence-electron chi connectivity index (χ2n) is 15.6. The fraction of sp³-hybridized carbons (Fsp3) is 0.938. The first-order valence-electron chi connectivity index (χ1n) is 14.9. The highest BCUT2D eigenvalue weighted by Gasteiger charge is 2.77. The third-order valence-electron chi connectivity index (χ3n) is 13.5. The first-order chi connectivity index (χ1) is 16.5. The minimum Gasteiger partial charge on any atom is -0.392 e. The Labute approximate surface area is 220 Å². The molecule has 2 unspecified atom stereocenters. The van der Waals surface area contributed by atoms with Crippen LogP contribution in [0.5, 0.6) is 0 Å². The van der Waals surface area contributed by atoms with Gasteiger partial charge in [0.25, 0.3) is 0 Å². The van der Waals surface area contributed by atoms with Crippen molar-refractivity contribution < 1.29 is 20.1 Å². The van der Waals surface area contributed by atoms with E-state index in [1.807, 2.05) is 0 Å². The molecule has 1 aliphatic heterocycles. The van der Waals surface area contributed by atoms with Crippen molar-refractivity contribution in [3.63, 3.8) is 0 Å². The lowest BCUT2D eigenvalue weighted by atomic mass is 9.37. The van der Waals surface area contributed by atoms with E-state index in [1.165, 1.54) is 25.7 Å². The molecule has 1 heterocycles. The van der Waals surface area contributed by atoms with Crippen molar-refractivity contribution in [3.8, 4) is 0 Å². The molecule has 5 aliphatic rings. The molecule has 36 heavy (non-hydrogen) atoms. The Bertz CT molecular complexity index is 904. The molecule has 0 aromatic heterocycles. The van der Waals surface area contributed by atoms with Gasteiger partial charge in [0.2, 0.25) is 0 Å². The molecule has 4 aliphatic carbocycles. The van der Waals surface area contributed by atoms with Crippen molar-refractivity contribution in [3.05, 3.63) is 12.2 Å². The minimum atomic E-state index is -1.07. The highest BCUT2D eigenvalue weighted by Crippen LogP contribution is 2.78. The maximum Gasteiger partial charge on any atom is 0.0976 e. The van der Waals surface area contributed by atoms with Crippen molar-refractivity contribution in [2.75, 3.05) is 0 Å². The molecule has 0 amide bonds. The minimum absolute atomic E-state index is 0.0692. The average molecular weight is 503 g/mol. The van der Waals surface area contributed by atoms with Crippen molar-refractivity contribution >= 4 is 0 Å². The number of hydrogen-bond donors (Lipinski definition) is 3. The Morgan fingerprint density at radius 1 is 1.00 bits per heavy atom. The SMILES string of the molecule is C[C@H](C[C@@H](C)[C@H](O)C(C)(C)O)[C@H]1CC[C@@]2(C)C3C=C[C@@]45O[C@@H](C)[C@]3(CC[C@]12C)C4CC[C@H](O)C5(C)C. The highest BCUT2D eigenvalue weighted by atomic mass is 16.5. The highest BCUT2D eigenvalue weighted by molar-refractivity contribution is 5.34. The third-order valence-corrected chi connectivity index (χ3v) is 13.5. The van der Waals surface area contributed by atoms with Crippen molar-refractivity contribution in [1.82, 2.24) is 0 Å². The Hall–Kier alpha value is -0.420. The van der Waals surface area contributed by atoms with Crippen molar-refractivity contribution in [2.45, 2.75) is 137 Å². The fourth-order valence-electron chi connectivity index (χ4n) is 11.2. The largest absolute Gasteiger partial charge is 0.392 e. The Morgan fingerprint density at radius 2 is 1.67 bits per heavy atom. The number of allylic oxidation sites excluding steroid dienone is 1. The number of aliphatic hydroxyl groups excluding tert-OH is 2. The summed E-state index contributed by atoms with van der Waals surface area (Å²) in [4.78, 5) is 0. The summed E-state index contributed by atoms with van der Waals surface area (Å²) < 4.78 is 7.04. The van der Waals surface area contributed by atoms with E-state index in [0.29, 0.717) is 23.7 Å². The Morgan fingerprint density at radius 3 is 2.31 bits per heavy atom. The molecule has 2 bridgehead atoms. The predicted molar refractivity (Wildman–Crippen MR) is 144 cm³/mol. The lowest BCUT2D eigenvalue weighted by Gasteiger charge is -2.65. The molecule has 4 nitrogen and oxygen atoms in total. The molecule has 4 heteroatoms. The standard InChI is InChI=1S/C32H54O4/c1-19(18-20(2)26(34)28(6,7)35)22-12-14-30(9)23-13-15-32-24(10-11-25(33)27(32,4)5)31(23,21(3)36-32)17-16-29(22,30)8/h13,15,19-26,33-35H,10-12,14,16-18H2,1-9H3/t19-,20-,21+,22-,23?,24?,25+,26+,29-,30+,31+,32-/m1/s1. The van der Waals surface area contributed by atoms with Gasteiger partial charge in [0.05, 0.1) is 29.5 Å². The number of ether oxygens (including phenoxy) is 1. The monoisotopic (exact) mass is 502 g/mol. The molecule has 0 aromatic carbocycles. The predicted octanol–water partition coefficient (Wildman–Crippen LogP) is 6.12. The summed E-state index contributed by atoms with van der Waals surface area (Å²) in [6.07, 6.45) is 12.0. The first kappa shape index (κ1) is 27.2. The molecule has 12 atom stereocenters. The summed E-state index contributed by atoms with van der Waals surface area (Å²) in [7, 11) is 0. The number of aliphatic hydroxyl groups is 3. The van der Waals surface area contributed by atoms with Crippen LogP contribution in [-0.4, -0.2) is 44.8 Å². The van der Waals surface area contributed by atoms with E-state index in [4.69, 9.17) is 4.74 Å². The molecule has 5 rings (SSSR count). The van der Waals surface area contributed by atoms with Crippen LogP contribution in [0.2, 0.25) is 0 Å². The molecule has 0 aromatic rings. The average Bonchev–Trinajstić information content (AvgIpc) is 3.14. The van der Waals surface area contributed by atoms with E-state index in [-0.39, 0.29) is 45.4 Å². The van der Waals surface area contributed by atoms with Gasteiger partial charge < -0.3 is 20.1 Å². The zero-order chi connectivity index (χ0) is 26.7. The van der Waals surface area contributed by atoms with Crippen LogP contribution in [-0.2, 0) is 4.74 Å². The number of rotatable bonds is 5. The molecule has 0 radical (unpaired) electrons. The summed E-state index contributed by atoms with van der Waals surface area (Å²) in [6.45, 7) is 19.9. The second kappa shape index (κ2) is 8.05. The quantitative estimate of drug-likeness (QED) is 0.396. The van der Waals surface area contributed by atoms with Crippen LogP contribution in [0.4, 0.5) is 0 Å². The van der Waals surface area contributed by atoms with Gasteiger partial charge in [0, 0.05) is 16.7 Å². The van der Waals surface area contributed by atoms with Crippen LogP contribution in [0.3, 0.4) is 0 Å².